The molecule has 0 radical (unpaired) electrons. The summed E-state index contributed by atoms with van der Waals surface area (Å²) in [6.07, 6.45) is 0. The topological polar surface area (TPSA) is 23.6 Å². The Kier molecular flexibility index (Phi) is 3.19. The Morgan fingerprint density at radius 3 is 2.25 bits per heavy atom. The average Bonchev–Trinajstić information content (AvgIpc) is 2.30. The third-order valence-electron chi connectivity index (χ3n) is 2.88. The molecule has 0 aromatic heterocycles. The lowest BCUT2D eigenvalue weighted by molar-refractivity contribution is 0.0664. The second-order valence-corrected chi connectivity index (χ2v) is 4.10. The van der Waals surface area contributed by atoms with Gasteiger partial charge in [0.1, 0.15) is 5.82 Å². The third kappa shape index (κ3) is 2.39. The van der Waals surface area contributed by atoms with E-state index in [1.807, 2.05) is 11.9 Å². The number of hydrogen-bond acceptors (Lipinski definition) is 2. The molecule has 1 aromatic rings. The lowest BCUT2D eigenvalue weighted by Gasteiger charge is -2.32. The Morgan fingerprint density at radius 2 is 1.69 bits per heavy atom. The summed E-state index contributed by atoms with van der Waals surface area (Å²) in [6.45, 7) is 3.28. The number of likely N-dealkylation sites (N-methyl/N-ethyl adjacent to an activating group) is 1. The van der Waals surface area contributed by atoms with Crippen molar-refractivity contribution in [3.8, 4) is 0 Å². The van der Waals surface area contributed by atoms with Gasteiger partial charge in [0, 0.05) is 31.7 Å². The lowest BCUT2D eigenvalue weighted by atomic mass is 10.2. The van der Waals surface area contributed by atoms with Crippen LogP contribution in [-0.4, -0.2) is 48.9 Å². The highest BCUT2D eigenvalue weighted by Crippen LogP contribution is 2.09. The first-order valence-corrected chi connectivity index (χ1v) is 5.40. The van der Waals surface area contributed by atoms with Gasteiger partial charge in [0.15, 0.2) is 0 Å². The van der Waals surface area contributed by atoms with E-state index >= 15 is 0 Å². The summed E-state index contributed by atoms with van der Waals surface area (Å²) in [5, 5.41) is 0. The fraction of sp³-hybridized carbons (Fsp3) is 0.417. The van der Waals surface area contributed by atoms with Gasteiger partial charge in [0.05, 0.1) is 0 Å². The number of carbonyl (C=O) groups excluding carboxylic acids is 1. The normalized spacial score (nSPS) is 17.5. The monoisotopic (exact) mass is 222 g/mol. The van der Waals surface area contributed by atoms with Gasteiger partial charge in [-0.1, -0.05) is 0 Å². The molecule has 1 aromatic carbocycles. The molecule has 0 atom stereocenters. The van der Waals surface area contributed by atoms with Crippen LogP contribution in [0.2, 0.25) is 0 Å². The van der Waals surface area contributed by atoms with E-state index in [0.29, 0.717) is 5.56 Å². The van der Waals surface area contributed by atoms with E-state index in [-0.39, 0.29) is 11.7 Å². The van der Waals surface area contributed by atoms with Crippen molar-refractivity contribution in [1.82, 2.24) is 9.80 Å². The van der Waals surface area contributed by atoms with Gasteiger partial charge in [0.25, 0.3) is 5.91 Å². The molecule has 0 bridgehead atoms. The number of piperazine rings is 1. The van der Waals surface area contributed by atoms with Gasteiger partial charge >= 0.3 is 0 Å². The highest BCUT2D eigenvalue weighted by atomic mass is 19.1. The van der Waals surface area contributed by atoms with E-state index in [4.69, 9.17) is 0 Å². The number of amides is 1. The molecule has 0 saturated carbocycles. The average molecular weight is 222 g/mol. The lowest BCUT2D eigenvalue weighted by Crippen LogP contribution is -2.47. The Hall–Kier alpha value is -1.42. The summed E-state index contributed by atoms with van der Waals surface area (Å²) in [5.74, 6) is -0.317. The SMILES string of the molecule is CN1CCN(C(=O)c2ccc(F)cc2)CC1. The zero-order valence-corrected chi connectivity index (χ0v) is 9.32. The van der Waals surface area contributed by atoms with Crippen LogP contribution in [0.15, 0.2) is 24.3 Å². The van der Waals surface area contributed by atoms with E-state index in [0.717, 1.165) is 26.2 Å². The van der Waals surface area contributed by atoms with Crippen LogP contribution in [0.1, 0.15) is 10.4 Å². The fourth-order valence-electron chi connectivity index (χ4n) is 1.78. The van der Waals surface area contributed by atoms with E-state index in [2.05, 4.69) is 4.90 Å². The van der Waals surface area contributed by atoms with Crippen LogP contribution in [0.4, 0.5) is 4.39 Å². The van der Waals surface area contributed by atoms with Crippen LogP contribution >= 0.6 is 0 Å². The Morgan fingerprint density at radius 1 is 1.12 bits per heavy atom. The predicted octanol–water partition coefficient (Wildman–Crippen LogP) is 1.21. The van der Waals surface area contributed by atoms with Gasteiger partial charge in [0.2, 0.25) is 0 Å². The van der Waals surface area contributed by atoms with Crippen molar-refractivity contribution in [3.05, 3.63) is 35.6 Å². The molecule has 16 heavy (non-hydrogen) atoms. The van der Waals surface area contributed by atoms with Crippen LogP contribution in [0.25, 0.3) is 0 Å². The van der Waals surface area contributed by atoms with Crippen molar-refractivity contribution in [3.63, 3.8) is 0 Å². The summed E-state index contributed by atoms with van der Waals surface area (Å²) in [6, 6.07) is 5.72. The molecule has 1 amide bonds. The van der Waals surface area contributed by atoms with Crippen molar-refractivity contribution in [2.24, 2.45) is 0 Å². The van der Waals surface area contributed by atoms with E-state index < -0.39 is 0 Å². The molecule has 4 heteroatoms. The summed E-state index contributed by atoms with van der Waals surface area (Å²) in [7, 11) is 2.04. The van der Waals surface area contributed by atoms with E-state index in [1.54, 1.807) is 0 Å². The summed E-state index contributed by atoms with van der Waals surface area (Å²) in [5.41, 5.74) is 0.561. The fourth-order valence-corrected chi connectivity index (χ4v) is 1.78. The van der Waals surface area contributed by atoms with Crippen molar-refractivity contribution >= 4 is 5.91 Å². The number of rotatable bonds is 1. The molecular weight excluding hydrogens is 207 g/mol. The van der Waals surface area contributed by atoms with Crippen LogP contribution in [0, 0.1) is 5.82 Å². The summed E-state index contributed by atoms with van der Waals surface area (Å²) in [4.78, 5) is 16.0. The standard InChI is InChI=1S/C12H15FN2O/c1-14-6-8-15(9-7-14)12(16)10-2-4-11(13)5-3-10/h2-5H,6-9H2,1H3. The van der Waals surface area contributed by atoms with Crippen LogP contribution in [0.5, 0.6) is 0 Å². The Labute approximate surface area is 94.5 Å². The van der Waals surface area contributed by atoms with Gasteiger partial charge in [-0.25, -0.2) is 4.39 Å². The Bertz CT molecular complexity index is 369. The maximum Gasteiger partial charge on any atom is 0.253 e. The molecule has 86 valence electrons. The van der Waals surface area contributed by atoms with Gasteiger partial charge in [-0.05, 0) is 31.3 Å². The summed E-state index contributed by atoms with van der Waals surface area (Å²) < 4.78 is 12.7. The predicted molar refractivity (Wildman–Crippen MR) is 59.8 cm³/mol. The summed E-state index contributed by atoms with van der Waals surface area (Å²) >= 11 is 0. The zero-order valence-electron chi connectivity index (χ0n) is 9.32. The van der Waals surface area contributed by atoms with Crippen LogP contribution in [-0.2, 0) is 0 Å². The van der Waals surface area contributed by atoms with Crippen molar-refractivity contribution in [2.45, 2.75) is 0 Å². The van der Waals surface area contributed by atoms with E-state index in [1.165, 1.54) is 24.3 Å². The maximum absolute atomic E-state index is 12.7. The minimum absolute atomic E-state index is 0.00639. The van der Waals surface area contributed by atoms with Crippen molar-refractivity contribution in [1.29, 1.82) is 0 Å². The van der Waals surface area contributed by atoms with Crippen molar-refractivity contribution < 1.29 is 9.18 Å². The van der Waals surface area contributed by atoms with Crippen LogP contribution < -0.4 is 0 Å². The first kappa shape index (κ1) is 11.1. The molecule has 2 rings (SSSR count). The molecule has 1 aliphatic rings. The quantitative estimate of drug-likeness (QED) is 0.713. The molecular formula is C12H15FN2O. The number of halogens is 1. The molecule has 0 aliphatic carbocycles. The van der Waals surface area contributed by atoms with E-state index in [9.17, 15) is 9.18 Å². The number of nitrogens with zero attached hydrogens (tertiary/aromatic N) is 2. The molecule has 1 aliphatic heterocycles. The van der Waals surface area contributed by atoms with Gasteiger partial charge in [-0.3, -0.25) is 4.79 Å². The zero-order chi connectivity index (χ0) is 11.5. The first-order chi connectivity index (χ1) is 7.66. The minimum atomic E-state index is -0.310. The number of hydrogen-bond donors (Lipinski definition) is 0. The van der Waals surface area contributed by atoms with Gasteiger partial charge in [-0.2, -0.15) is 0 Å². The highest BCUT2D eigenvalue weighted by molar-refractivity contribution is 5.94. The Balaban J connectivity index is 2.05. The molecule has 0 unspecified atom stereocenters. The molecule has 0 spiro atoms. The molecule has 1 heterocycles. The van der Waals surface area contributed by atoms with Gasteiger partial charge < -0.3 is 9.80 Å². The second-order valence-electron chi connectivity index (χ2n) is 4.10. The second kappa shape index (κ2) is 4.61. The molecule has 1 fully saturated rings. The molecule has 3 nitrogen and oxygen atoms in total. The van der Waals surface area contributed by atoms with Crippen molar-refractivity contribution in [2.75, 3.05) is 33.2 Å². The molecule has 0 N–H and O–H groups in total. The largest absolute Gasteiger partial charge is 0.336 e. The minimum Gasteiger partial charge on any atom is -0.336 e. The number of benzene rings is 1. The van der Waals surface area contributed by atoms with Gasteiger partial charge in [-0.15, -0.1) is 0 Å². The number of carbonyl (C=O) groups is 1. The maximum atomic E-state index is 12.7. The smallest absolute Gasteiger partial charge is 0.253 e. The third-order valence-corrected chi connectivity index (χ3v) is 2.88. The first-order valence-electron chi connectivity index (χ1n) is 5.40. The highest BCUT2D eigenvalue weighted by Gasteiger charge is 2.19. The molecule has 1 saturated heterocycles. The van der Waals surface area contributed by atoms with Crippen LogP contribution in [0.3, 0.4) is 0 Å².